The molecule has 1 aromatic carbocycles. The quantitative estimate of drug-likeness (QED) is 0.626. The molecule has 2 aliphatic heterocycles. The van der Waals surface area contributed by atoms with Gasteiger partial charge in [-0.2, -0.15) is 0 Å². The molecule has 1 fully saturated rings. The first-order chi connectivity index (χ1) is 13.9. The lowest BCUT2D eigenvalue weighted by Crippen LogP contribution is -2.47. The van der Waals surface area contributed by atoms with Crippen LogP contribution in [0, 0.1) is 5.92 Å². The van der Waals surface area contributed by atoms with Gasteiger partial charge in [-0.3, -0.25) is 13.9 Å². The fourth-order valence-corrected chi connectivity index (χ4v) is 4.50. The summed E-state index contributed by atoms with van der Waals surface area (Å²) in [6, 6.07) is 4.84. The number of esters is 1. The zero-order chi connectivity index (χ0) is 21.0. The normalized spacial score (nSPS) is 17.0. The van der Waals surface area contributed by atoms with Gasteiger partial charge in [0.15, 0.2) is 11.5 Å². The van der Waals surface area contributed by atoms with Crippen LogP contribution in [-0.4, -0.2) is 70.9 Å². The molecule has 160 valence electrons. The van der Waals surface area contributed by atoms with E-state index in [0.717, 1.165) is 4.31 Å². The van der Waals surface area contributed by atoms with Gasteiger partial charge in [0.1, 0.15) is 19.8 Å². The van der Waals surface area contributed by atoms with E-state index in [4.69, 9.17) is 14.2 Å². The predicted molar refractivity (Wildman–Crippen MR) is 106 cm³/mol. The van der Waals surface area contributed by atoms with Crippen molar-refractivity contribution in [1.29, 1.82) is 0 Å². The van der Waals surface area contributed by atoms with Crippen LogP contribution in [-0.2, 0) is 24.3 Å². The minimum atomic E-state index is -3.69. The summed E-state index contributed by atoms with van der Waals surface area (Å²) in [7, 11) is -2.34. The number of ether oxygens (including phenoxy) is 3. The molecule has 1 amide bonds. The van der Waals surface area contributed by atoms with Crippen LogP contribution in [0.25, 0.3) is 0 Å². The van der Waals surface area contributed by atoms with Crippen molar-refractivity contribution >= 4 is 27.6 Å². The number of fused-ring (bicyclic) bond motifs is 1. The maximum atomic E-state index is 12.8. The Morgan fingerprint density at radius 3 is 2.45 bits per heavy atom. The second kappa shape index (κ2) is 8.89. The fourth-order valence-electron chi connectivity index (χ4n) is 3.45. The topological polar surface area (TPSA) is 102 Å². The highest BCUT2D eigenvalue weighted by Gasteiger charge is 2.31. The molecule has 0 N–H and O–H groups in total. The van der Waals surface area contributed by atoms with E-state index in [-0.39, 0.29) is 30.1 Å². The lowest BCUT2D eigenvalue weighted by molar-refractivity contribution is -0.148. The van der Waals surface area contributed by atoms with Crippen LogP contribution < -0.4 is 13.8 Å². The van der Waals surface area contributed by atoms with Crippen molar-refractivity contribution in [2.24, 2.45) is 5.92 Å². The average Bonchev–Trinajstić information content (AvgIpc) is 2.76. The van der Waals surface area contributed by atoms with Gasteiger partial charge in [-0.1, -0.05) is 0 Å². The van der Waals surface area contributed by atoms with E-state index >= 15 is 0 Å². The number of carbonyl (C=O) groups is 2. The zero-order valence-corrected chi connectivity index (χ0v) is 17.4. The number of rotatable bonds is 6. The van der Waals surface area contributed by atoms with Gasteiger partial charge in [-0.05, 0) is 31.9 Å². The Labute approximate surface area is 170 Å². The van der Waals surface area contributed by atoms with Crippen LogP contribution in [0.1, 0.15) is 19.8 Å². The number of nitrogens with zero attached hydrogens (tertiary/aromatic N) is 2. The van der Waals surface area contributed by atoms with E-state index in [1.54, 1.807) is 23.1 Å². The Bertz CT molecular complexity index is 863. The minimum Gasteiger partial charge on any atom is -0.486 e. The van der Waals surface area contributed by atoms with Crippen LogP contribution in [0.5, 0.6) is 11.5 Å². The molecule has 3 rings (SSSR count). The lowest BCUT2D eigenvalue weighted by Gasteiger charge is -2.33. The molecule has 0 spiro atoms. The summed E-state index contributed by atoms with van der Waals surface area (Å²) in [5.74, 6) is 0.0571. The molecule has 1 saturated heterocycles. The van der Waals surface area contributed by atoms with Crippen LogP contribution in [0.3, 0.4) is 0 Å². The van der Waals surface area contributed by atoms with Gasteiger partial charge >= 0.3 is 5.97 Å². The van der Waals surface area contributed by atoms with Gasteiger partial charge in [-0.25, -0.2) is 8.42 Å². The summed E-state index contributed by atoms with van der Waals surface area (Å²) < 4.78 is 42.3. The van der Waals surface area contributed by atoms with Crippen LogP contribution in [0.2, 0.25) is 0 Å². The molecule has 0 aliphatic carbocycles. The van der Waals surface area contributed by atoms with Crippen LogP contribution in [0.4, 0.5) is 5.69 Å². The zero-order valence-electron chi connectivity index (χ0n) is 16.6. The highest BCUT2D eigenvalue weighted by Crippen LogP contribution is 2.35. The van der Waals surface area contributed by atoms with Crippen molar-refractivity contribution in [3.63, 3.8) is 0 Å². The number of hydrogen-bond donors (Lipinski definition) is 0. The predicted octanol–water partition coefficient (Wildman–Crippen LogP) is 1.03. The fraction of sp³-hybridized carbons (Fsp3) is 0.579. The number of anilines is 1. The summed E-state index contributed by atoms with van der Waals surface area (Å²) in [5, 5.41) is 0. The smallest absolute Gasteiger partial charge is 0.308 e. The summed E-state index contributed by atoms with van der Waals surface area (Å²) >= 11 is 0. The SMILES string of the molecule is CCS(=O)(=O)N(CC(=O)N1CCC(C(=O)OC)CC1)c1ccc2c(c1)OCCO2. The highest BCUT2D eigenvalue weighted by atomic mass is 32.2. The van der Waals surface area contributed by atoms with E-state index < -0.39 is 10.0 Å². The molecule has 0 atom stereocenters. The minimum absolute atomic E-state index is 0.140. The summed E-state index contributed by atoms with van der Waals surface area (Å²) in [5.41, 5.74) is 0.355. The number of methoxy groups -OCH3 is 1. The molecule has 1 aromatic rings. The molecule has 0 unspecified atom stereocenters. The first kappa shape index (κ1) is 21.2. The number of amides is 1. The van der Waals surface area contributed by atoms with E-state index in [0.29, 0.717) is 56.3 Å². The van der Waals surface area contributed by atoms with Gasteiger partial charge in [0.25, 0.3) is 0 Å². The van der Waals surface area contributed by atoms with Crippen LogP contribution >= 0.6 is 0 Å². The number of sulfonamides is 1. The third kappa shape index (κ3) is 4.75. The molecule has 0 aromatic heterocycles. The Morgan fingerprint density at radius 2 is 1.83 bits per heavy atom. The molecule has 0 radical (unpaired) electrons. The largest absolute Gasteiger partial charge is 0.486 e. The maximum absolute atomic E-state index is 12.8. The van der Waals surface area contributed by atoms with Gasteiger partial charge in [-0.15, -0.1) is 0 Å². The van der Waals surface area contributed by atoms with Gasteiger partial charge in [0.2, 0.25) is 15.9 Å². The molecule has 9 nitrogen and oxygen atoms in total. The second-order valence-electron chi connectivity index (χ2n) is 6.91. The molecule has 29 heavy (non-hydrogen) atoms. The van der Waals surface area contributed by atoms with Gasteiger partial charge in [0, 0.05) is 19.2 Å². The summed E-state index contributed by atoms with van der Waals surface area (Å²) in [6.45, 7) is 2.82. The maximum Gasteiger partial charge on any atom is 0.308 e. The number of piperidine rings is 1. The molecular weight excluding hydrogens is 400 g/mol. The van der Waals surface area contributed by atoms with Crippen molar-refractivity contribution < 1.29 is 32.2 Å². The molecule has 0 saturated carbocycles. The van der Waals surface area contributed by atoms with Crippen molar-refractivity contribution in [3.05, 3.63) is 18.2 Å². The Balaban J connectivity index is 1.75. The number of benzene rings is 1. The number of carbonyl (C=O) groups excluding carboxylic acids is 2. The van der Waals surface area contributed by atoms with Gasteiger partial charge < -0.3 is 19.1 Å². The second-order valence-corrected chi connectivity index (χ2v) is 9.10. The Kier molecular flexibility index (Phi) is 6.51. The molecular formula is C19H26N2O7S. The number of hydrogen-bond acceptors (Lipinski definition) is 7. The van der Waals surface area contributed by atoms with E-state index in [1.807, 2.05) is 0 Å². The van der Waals surface area contributed by atoms with Crippen molar-refractivity contribution in [3.8, 4) is 11.5 Å². The Hall–Kier alpha value is -2.49. The monoisotopic (exact) mass is 426 g/mol. The van der Waals surface area contributed by atoms with Gasteiger partial charge in [0.05, 0.1) is 24.5 Å². The molecule has 2 heterocycles. The van der Waals surface area contributed by atoms with Crippen molar-refractivity contribution in [2.75, 3.05) is 50.0 Å². The Morgan fingerprint density at radius 1 is 1.17 bits per heavy atom. The summed E-state index contributed by atoms with van der Waals surface area (Å²) in [6.07, 6.45) is 1.01. The lowest BCUT2D eigenvalue weighted by atomic mass is 9.97. The standard InChI is InChI=1S/C19H26N2O7S/c1-3-29(24,25)21(15-4-5-16-17(12-15)28-11-10-27-16)13-18(22)20-8-6-14(7-9-20)19(23)26-2/h4-5,12,14H,3,6-11,13H2,1-2H3. The molecule has 0 bridgehead atoms. The third-order valence-electron chi connectivity index (χ3n) is 5.18. The summed E-state index contributed by atoms with van der Waals surface area (Å²) in [4.78, 5) is 26.1. The molecule has 10 heteroatoms. The first-order valence-corrected chi connectivity index (χ1v) is 11.2. The van der Waals surface area contributed by atoms with E-state index in [1.165, 1.54) is 14.0 Å². The highest BCUT2D eigenvalue weighted by molar-refractivity contribution is 7.92. The van der Waals surface area contributed by atoms with E-state index in [2.05, 4.69) is 0 Å². The van der Waals surface area contributed by atoms with Crippen molar-refractivity contribution in [1.82, 2.24) is 4.90 Å². The number of likely N-dealkylation sites (tertiary alicyclic amines) is 1. The average molecular weight is 426 g/mol. The first-order valence-electron chi connectivity index (χ1n) is 9.61. The van der Waals surface area contributed by atoms with Crippen molar-refractivity contribution in [2.45, 2.75) is 19.8 Å². The van der Waals surface area contributed by atoms with Crippen LogP contribution in [0.15, 0.2) is 18.2 Å². The molecule has 2 aliphatic rings. The third-order valence-corrected chi connectivity index (χ3v) is 6.92. The van der Waals surface area contributed by atoms with E-state index in [9.17, 15) is 18.0 Å².